The van der Waals surface area contributed by atoms with Gasteiger partial charge in [0.1, 0.15) is 0 Å². The summed E-state index contributed by atoms with van der Waals surface area (Å²) >= 11 is 0. The Hall–Kier alpha value is -2.92. The maximum absolute atomic E-state index is 12.6. The van der Waals surface area contributed by atoms with Crippen LogP contribution in [0.15, 0.2) is 60.7 Å². The number of carbonyl (C=O) groups excluding carboxylic acids is 2. The third-order valence-corrected chi connectivity index (χ3v) is 6.58. The Bertz CT molecular complexity index is 901. The van der Waals surface area contributed by atoms with Crippen LogP contribution < -0.4 is 0 Å². The number of hydrogen-bond acceptors (Lipinski definition) is 5. The van der Waals surface area contributed by atoms with Gasteiger partial charge in [0, 0.05) is 11.8 Å². The van der Waals surface area contributed by atoms with E-state index in [9.17, 15) is 9.59 Å². The van der Waals surface area contributed by atoms with Crippen LogP contribution in [0.4, 0.5) is 0 Å². The summed E-state index contributed by atoms with van der Waals surface area (Å²) < 4.78 is 16.3. The van der Waals surface area contributed by atoms with Crippen molar-refractivity contribution in [1.29, 1.82) is 0 Å². The van der Waals surface area contributed by atoms with Crippen molar-refractivity contribution < 1.29 is 23.8 Å². The van der Waals surface area contributed by atoms with Gasteiger partial charge in [-0.1, -0.05) is 60.7 Å². The Morgan fingerprint density at radius 3 is 1.41 bits per heavy atom. The summed E-state index contributed by atoms with van der Waals surface area (Å²) in [4.78, 5) is 25.2. The van der Waals surface area contributed by atoms with Gasteiger partial charge in [-0.05, 0) is 22.3 Å². The standard InChI is InChI=1S/C24H22O5/c1-27-23(25)19-20(24(26)28-2)22-18-16(14-11-7-4-8-12-14)15(17(18)21(19)29-22)13-9-5-3-6-10-13/h3-12,17-22H,1-2H3/t17?,18?,19-,20+,21+,22-. The molecule has 29 heavy (non-hydrogen) atoms. The molecule has 2 aromatic carbocycles. The zero-order chi connectivity index (χ0) is 20.1. The van der Waals surface area contributed by atoms with Crippen molar-refractivity contribution in [3.8, 4) is 0 Å². The molecule has 2 aromatic rings. The Morgan fingerprint density at radius 1 is 0.690 bits per heavy atom. The van der Waals surface area contributed by atoms with Gasteiger partial charge in [0.25, 0.3) is 0 Å². The first-order chi connectivity index (χ1) is 14.2. The molecule has 2 fully saturated rings. The van der Waals surface area contributed by atoms with Crippen molar-refractivity contribution in [1.82, 2.24) is 0 Å². The van der Waals surface area contributed by atoms with Crippen molar-refractivity contribution in [2.24, 2.45) is 23.7 Å². The summed E-state index contributed by atoms with van der Waals surface area (Å²) in [5.74, 6) is -1.99. The summed E-state index contributed by atoms with van der Waals surface area (Å²) in [7, 11) is 2.70. The van der Waals surface area contributed by atoms with E-state index in [4.69, 9.17) is 14.2 Å². The van der Waals surface area contributed by atoms with Gasteiger partial charge in [0.05, 0.1) is 38.3 Å². The van der Waals surface area contributed by atoms with E-state index >= 15 is 0 Å². The fourth-order valence-corrected chi connectivity index (χ4v) is 5.50. The molecule has 3 aliphatic rings. The molecule has 5 heteroatoms. The first-order valence-corrected chi connectivity index (χ1v) is 9.83. The maximum Gasteiger partial charge on any atom is 0.312 e. The lowest BCUT2D eigenvalue weighted by molar-refractivity contribution is -0.159. The second-order valence-corrected chi connectivity index (χ2v) is 7.77. The second kappa shape index (κ2) is 6.85. The molecule has 0 aromatic heterocycles. The summed E-state index contributed by atoms with van der Waals surface area (Å²) in [6, 6.07) is 20.4. The molecule has 6 atom stereocenters. The Labute approximate surface area is 169 Å². The monoisotopic (exact) mass is 390 g/mol. The lowest BCUT2D eigenvalue weighted by Crippen LogP contribution is -2.51. The number of benzene rings is 2. The lowest BCUT2D eigenvalue weighted by atomic mass is 9.54. The van der Waals surface area contributed by atoms with Gasteiger partial charge in [-0.25, -0.2) is 0 Å². The minimum Gasteiger partial charge on any atom is -0.469 e. The number of rotatable bonds is 4. The molecule has 2 unspecified atom stereocenters. The van der Waals surface area contributed by atoms with Crippen LogP contribution in [-0.4, -0.2) is 38.4 Å². The first kappa shape index (κ1) is 18.1. The van der Waals surface area contributed by atoms with E-state index in [0.717, 1.165) is 11.1 Å². The van der Waals surface area contributed by atoms with E-state index in [1.807, 2.05) is 36.4 Å². The van der Waals surface area contributed by atoms with E-state index in [2.05, 4.69) is 24.3 Å². The average Bonchev–Trinajstić information content (AvgIpc) is 3.26. The summed E-state index contributed by atoms with van der Waals surface area (Å²) in [6.45, 7) is 0. The highest BCUT2D eigenvalue weighted by atomic mass is 16.6. The van der Waals surface area contributed by atoms with Crippen LogP contribution in [0.5, 0.6) is 0 Å². The van der Waals surface area contributed by atoms with Crippen LogP contribution in [0.25, 0.3) is 11.1 Å². The predicted octanol–water partition coefficient (Wildman–Crippen LogP) is 3.20. The van der Waals surface area contributed by atoms with Crippen molar-refractivity contribution in [2.75, 3.05) is 14.2 Å². The average molecular weight is 390 g/mol. The highest BCUT2D eigenvalue weighted by molar-refractivity contribution is 6.02. The van der Waals surface area contributed by atoms with Gasteiger partial charge in [-0.3, -0.25) is 9.59 Å². The highest BCUT2D eigenvalue weighted by Gasteiger charge is 2.69. The molecular formula is C24H22O5. The summed E-state index contributed by atoms with van der Waals surface area (Å²) in [5.41, 5.74) is 4.65. The van der Waals surface area contributed by atoms with Gasteiger partial charge in [0.2, 0.25) is 0 Å². The second-order valence-electron chi connectivity index (χ2n) is 7.77. The van der Waals surface area contributed by atoms with E-state index < -0.39 is 23.8 Å². The summed E-state index contributed by atoms with van der Waals surface area (Å²) in [5, 5.41) is 0. The van der Waals surface area contributed by atoms with E-state index in [1.165, 1.54) is 25.4 Å². The van der Waals surface area contributed by atoms with Gasteiger partial charge in [0.15, 0.2) is 0 Å². The molecule has 2 saturated heterocycles. The maximum atomic E-state index is 12.6. The Kier molecular flexibility index (Phi) is 4.28. The number of carbonyl (C=O) groups is 2. The molecule has 2 bridgehead atoms. The Morgan fingerprint density at radius 2 is 1.07 bits per heavy atom. The normalized spacial score (nSPS) is 31.8. The molecule has 5 nitrogen and oxygen atoms in total. The third-order valence-electron chi connectivity index (χ3n) is 6.58. The molecule has 2 aliphatic heterocycles. The van der Waals surface area contributed by atoms with Crippen LogP contribution in [0.1, 0.15) is 11.1 Å². The molecule has 2 heterocycles. The summed E-state index contributed by atoms with van der Waals surface area (Å²) in [6.07, 6.45) is -0.770. The lowest BCUT2D eigenvalue weighted by Gasteiger charge is -2.46. The van der Waals surface area contributed by atoms with E-state index in [0.29, 0.717) is 0 Å². The van der Waals surface area contributed by atoms with Crippen LogP contribution in [0, 0.1) is 23.7 Å². The quantitative estimate of drug-likeness (QED) is 0.751. The molecule has 148 valence electrons. The molecule has 0 spiro atoms. The molecular weight excluding hydrogens is 368 g/mol. The van der Waals surface area contributed by atoms with Crippen molar-refractivity contribution in [3.63, 3.8) is 0 Å². The largest absolute Gasteiger partial charge is 0.469 e. The molecule has 0 radical (unpaired) electrons. The van der Waals surface area contributed by atoms with Crippen molar-refractivity contribution in [3.05, 3.63) is 71.8 Å². The number of ether oxygens (including phenoxy) is 3. The molecule has 1 aliphatic carbocycles. The van der Waals surface area contributed by atoms with Crippen LogP contribution in [-0.2, 0) is 23.8 Å². The molecule has 0 amide bonds. The SMILES string of the molecule is COC(=O)[C@@H]1[C@H](C(=O)OC)[C@@H]2O[C@H]1C1C(c3ccccc3)=C(c3ccccc3)C12. The highest BCUT2D eigenvalue weighted by Crippen LogP contribution is 2.66. The van der Waals surface area contributed by atoms with Gasteiger partial charge in [-0.2, -0.15) is 0 Å². The Balaban J connectivity index is 1.65. The number of esters is 2. The van der Waals surface area contributed by atoms with Crippen molar-refractivity contribution in [2.45, 2.75) is 12.2 Å². The molecule has 5 rings (SSSR count). The van der Waals surface area contributed by atoms with E-state index in [-0.39, 0.29) is 24.0 Å². The smallest absolute Gasteiger partial charge is 0.312 e. The predicted molar refractivity (Wildman–Crippen MR) is 106 cm³/mol. The fourth-order valence-electron chi connectivity index (χ4n) is 5.50. The zero-order valence-corrected chi connectivity index (χ0v) is 16.3. The van der Waals surface area contributed by atoms with Crippen molar-refractivity contribution >= 4 is 23.1 Å². The number of fused-ring (bicyclic) bond motifs is 5. The molecule has 0 N–H and O–H groups in total. The number of hydrogen-bond donors (Lipinski definition) is 0. The minimum atomic E-state index is -0.644. The first-order valence-electron chi connectivity index (χ1n) is 9.83. The van der Waals surface area contributed by atoms with Gasteiger partial charge >= 0.3 is 11.9 Å². The van der Waals surface area contributed by atoms with Gasteiger partial charge in [-0.15, -0.1) is 0 Å². The topological polar surface area (TPSA) is 61.8 Å². The van der Waals surface area contributed by atoms with Gasteiger partial charge < -0.3 is 14.2 Å². The van der Waals surface area contributed by atoms with Crippen LogP contribution in [0.2, 0.25) is 0 Å². The number of methoxy groups -OCH3 is 2. The minimum absolute atomic E-state index is 0.0580. The zero-order valence-electron chi connectivity index (χ0n) is 16.3. The van der Waals surface area contributed by atoms with Crippen LogP contribution in [0.3, 0.4) is 0 Å². The van der Waals surface area contributed by atoms with Crippen LogP contribution >= 0.6 is 0 Å². The molecule has 0 saturated carbocycles. The third kappa shape index (κ3) is 2.50. The fraction of sp³-hybridized carbons (Fsp3) is 0.333. The van der Waals surface area contributed by atoms with E-state index in [1.54, 1.807) is 0 Å².